The fourth-order valence-corrected chi connectivity index (χ4v) is 1.36. The Morgan fingerprint density at radius 3 is 2.12 bits per heavy atom. The van der Waals surface area contributed by atoms with E-state index < -0.39 is 0 Å². The van der Waals surface area contributed by atoms with Gasteiger partial charge >= 0.3 is 0 Å². The van der Waals surface area contributed by atoms with Gasteiger partial charge in [-0.2, -0.15) is 5.26 Å². The second kappa shape index (κ2) is 8.49. The maximum absolute atomic E-state index is 8.48. The maximum atomic E-state index is 8.48. The minimum absolute atomic E-state index is 0.250. The summed E-state index contributed by atoms with van der Waals surface area (Å²) in [5.41, 5.74) is 2.46. The summed E-state index contributed by atoms with van der Waals surface area (Å²) < 4.78 is 0. The van der Waals surface area contributed by atoms with Gasteiger partial charge in [-0.05, 0) is 23.5 Å². The minimum atomic E-state index is -0.250. The van der Waals surface area contributed by atoms with Gasteiger partial charge in [0, 0.05) is 0 Å². The summed E-state index contributed by atoms with van der Waals surface area (Å²) in [6, 6.07) is 10.5. The molecule has 0 aliphatic heterocycles. The molecule has 16 heavy (non-hydrogen) atoms. The lowest BCUT2D eigenvalue weighted by molar-refractivity contribution is -0.122. The van der Waals surface area contributed by atoms with Crippen LogP contribution in [0.3, 0.4) is 0 Å². The molecule has 0 aliphatic carbocycles. The molecule has 0 bridgehead atoms. The first kappa shape index (κ1) is 14.2. The number of carboxylic acid groups (broad SMARTS) is 1. The van der Waals surface area contributed by atoms with Crippen molar-refractivity contribution in [3.63, 3.8) is 0 Å². The first-order valence-electron chi connectivity index (χ1n) is 5.16. The molecule has 0 unspecified atom stereocenters. The average Bonchev–Trinajstić information content (AvgIpc) is 2.22. The lowest BCUT2D eigenvalue weighted by Gasteiger charge is -2.04. The Morgan fingerprint density at radius 1 is 1.31 bits per heavy atom. The normalized spacial score (nSPS) is 8.88. The van der Waals surface area contributed by atoms with E-state index in [1.807, 2.05) is 12.1 Å². The summed E-state index contributed by atoms with van der Waals surface area (Å²) >= 11 is 0. The van der Waals surface area contributed by atoms with E-state index in [4.69, 9.17) is 15.2 Å². The SMILES string of the molecule is CC(C)Cc1ccc(CC#N)cc1.O=CO. The topological polar surface area (TPSA) is 61.1 Å². The Bertz CT molecular complexity index is 336. The van der Waals surface area contributed by atoms with E-state index in [-0.39, 0.29) is 6.47 Å². The van der Waals surface area contributed by atoms with Crippen molar-refractivity contribution < 1.29 is 9.90 Å². The van der Waals surface area contributed by atoms with Crippen molar-refractivity contribution in [2.24, 2.45) is 5.92 Å². The summed E-state index contributed by atoms with van der Waals surface area (Å²) in [7, 11) is 0. The third-order valence-electron chi connectivity index (χ3n) is 1.95. The first-order chi connectivity index (χ1) is 7.63. The Kier molecular flexibility index (Phi) is 7.52. The van der Waals surface area contributed by atoms with Gasteiger partial charge in [0.25, 0.3) is 6.47 Å². The molecule has 0 radical (unpaired) electrons. The number of hydrogen-bond donors (Lipinski definition) is 1. The van der Waals surface area contributed by atoms with Crippen molar-refractivity contribution in [1.29, 1.82) is 5.26 Å². The Balaban J connectivity index is 0.000000673. The van der Waals surface area contributed by atoms with Crippen LogP contribution in [-0.2, 0) is 17.6 Å². The van der Waals surface area contributed by atoms with Crippen LogP contribution in [0.5, 0.6) is 0 Å². The molecule has 0 amide bonds. The van der Waals surface area contributed by atoms with Crippen LogP contribution in [0.2, 0.25) is 0 Å². The van der Waals surface area contributed by atoms with Crippen LogP contribution in [0.1, 0.15) is 25.0 Å². The van der Waals surface area contributed by atoms with E-state index in [2.05, 4.69) is 32.0 Å². The van der Waals surface area contributed by atoms with Gasteiger partial charge in [0.1, 0.15) is 0 Å². The summed E-state index contributed by atoms with van der Waals surface area (Å²) in [6.07, 6.45) is 1.63. The van der Waals surface area contributed by atoms with Crippen LogP contribution in [-0.4, -0.2) is 11.6 Å². The van der Waals surface area contributed by atoms with Gasteiger partial charge in [0.15, 0.2) is 0 Å². The van der Waals surface area contributed by atoms with Crippen molar-refractivity contribution in [2.45, 2.75) is 26.7 Å². The van der Waals surface area contributed by atoms with Gasteiger partial charge in [-0.15, -0.1) is 0 Å². The molecule has 86 valence electrons. The van der Waals surface area contributed by atoms with E-state index in [1.54, 1.807) is 0 Å². The zero-order valence-electron chi connectivity index (χ0n) is 9.68. The highest BCUT2D eigenvalue weighted by molar-refractivity contribution is 5.32. The molecule has 0 fully saturated rings. The fraction of sp³-hybridized carbons (Fsp3) is 0.385. The summed E-state index contributed by atoms with van der Waals surface area (Å²) in [6.45, 7) is 4.17. The number of benzene rings is 1. The molecule has 0 saturated heterocycles. The standard InChI is InChI=1S/C12H15N.CH2O2/c1-10(2)9-12-5-3-11(4-6-12)7-8-13;2-1-3/h3-6,10H,7,9H2,1-2H3;1H,(H,2,3). The smallest absolute Gasteiger partial charge is 0.290 e. The van der Waals surface area contributed by atoms with Crippen LogP contribution < -0.4 is 0 Å². The molecule has 0 aliphatic rings. The van der Waals surface area contributed by atoms with Crippen molar-refractivity contribution in [2.75, 3.05) is 0 Å². The Labute approximate surface area is 96.3 Å². The molecule has 3 heteroatoms. The quantitative estimate of drug-likeness (QED) is 0.795. The Hall–Kier alpha value is -1.82. The highest BCUT2D eigenvalue weighted by atomic mass is 16.3. The monoisotopic (exact) mass is 219 g/mol. The summed E-state index contributed by atoms with van der Waals surface area (Å²) in [5.74, 6) is 0.696. The third-order valence-corrected chi connectivity index (χ3v) is 1.95. The number of hydrogen-bond acceptors (Lipinski definition) is 2. The lowest BCUT2D eigenvalue weighted by Crippen LogP contribution is -1.93. The maximum Gasteiger partial charge on any atom is 0.290 e. The van der Waals surface area contributed by atoms with Gasteiger partial charge < -0.3 is 5.11 Å². The van der Waals surface area contributed by atoms with Crippen LogP contribution in [0, 0.1) is 17.2 Å². The molecular weight excluding hydrogens is 202 g/mol. The highest BCUT2D eigenvalue weighted by Crippen LogP contribution is 2.09. The molecule has 3 nitrogen and oxygen atoms in total. The van der Waals surface area contributed by atoms with Crippen molar-refractivity contribution in [1.82, 2.24) is 0 Å². The number of nitriles is 1. The zero-order chi connectivity index (χ0) is 12.4. The van der Waals surface area contributed by atoms with E-state index in [0.29, 0.717) is 12.3 Å². The van der Waals surface area contributed by atoms with Crippen molar-refractivity contribution >= 4 is 6.47 Å². The highest BCUT2D eigenvalue weighted by Gasteiger charge is 1.97. The number of nitrogens with zero attached hydrogens (tertiary/aromatic N) is 1. The van der Waals surface area contributed by atoms with Gasteiger partial charge in [-0.1, -0.05) is 38.1 Å². The van der Waals surface area contributed by atoms with Crippen LogP contribution in [0.4, 0.5) is 0 Å². The average molecular weight is 219 g/mol. The second-order valence-corrected chi connectivity index (χ2v) is 3.85. The largest absolute Gasteiger partial charge is 0.483 e. The zero-order valence-corrected chi connectivity index (χ0v) is 9.68. The summed E-state index contributed by atoms with van der Waals surface area (Å²) in [5, 5.41) is 15.4. The van der Waals surface area contributed by atoms with Crippen LogP contribution in [0.15, 0.2) is 24.3 Å². The number of carbonyl (C=O) groups is 1. The summed E-state index contributed by atoms with van der Waals surface area (Å²) in [4.78, 5) is 8.36. The predicted molar refractivity (Wildman–Crippen MR) is 63.0 cm³/mol. The number of rotatable bonds is 3. The molecule has 1 aromatic rings. The van der Waals surface area contributed by atoms with E-state index in [1.165, 1.54) is 5.56 Å². The van der Waals surface area contributed by atoms with Crippen LogP contribution >= 0.6 is 0 Å². The lowest BCUT2D eigenvalue weighted by atomic mass is 10.0. The van der Waals surface area contributed by atoms with E-state index in [9.17, 15) is 0 Å². The molecule has 0 atom stereocenters. The molecule has 1 N–H and O–H groups in total. The van der Waals surface area contributed by atoms with Gasteiger partial charge in [-0.3, -0.25) is 4.79 Å². The molecule has 1 aromatic carbocycles. The second-order valence-electron chi connectivity index (χ2n) is 3.85. The molecule has 0 spiro atoms. The molecule has 0 saturated carbocycles. The minimum Gasteiger partial charge on any atom is -0.483 e. The Morgan fingerprint density at radius 2 is 1.75 bits per heavy atom. The fourth-order valence-electron chi connectivity index (χ4n) is 1.36. The van der Waals surface area contributed by atoms with Crippen molar-refractivity contribution in [3.05, 3.63) is 35.4 Å². The van der Waals surface area contributed by atoms with Gasteiger partial charge in [-0.25, -0.2) is 0 Å². The van der Waals surface area contributed by atoms with Gasteiger partial charge in [0.2, 0.25) is 0 Å². The molecule has 1 rings (SSSR count). The van der Waals surface area contributed by atoms with E-state index in [0.717, 1.165) is 12.0 Å². The molecular formula is C13H17NO2. The van der Waals surface area contributed by atoms with Crippen molar-refractivity contribution in [3.8, 4) is 6.07 Å². The molecule has 0 aromatic heterocycles. The third kappa shape index (κ3) is 6.61. The van der Waals surface area contributed by atoms with Crippen LogP contribution in [0.25, 0.3) is 0 Å². The first-order valence-corrected chi connectivity index (χ1v) is 5.16. The van der Waals surface area contributed by atoms with Gasteiger partial charge in [0.05, 0.1) is 12.5 Å². The van der Waals surface area contributed by atoms with E-state index >= 15 is 0 Å². The molecule has 0 heterocycles. The predicted octanol–water partition coefficient (Wildman–Crippen LogP) is 2.65.